The zero-order valence-electron chi connectivity index (χ0n) is 19.0. The summed E-state index contributed by atoms with van der Waals surface area (Å²) in [6.45, 7) is 0. The lowest BCUT2D eigenvalue weighted by Crippen LogP contribution is -2.58. The molecule has 3 aromatic rings. The minimum absolute atomic E-state index is 0.0232. The average molecular weight is 459 g/mol. The van der Waals surface area contributed by atoms with Crippen molar-refractivity contribution in [3.63, 3.8) is 0 Å². The number of aryl methyl sites for hydroxylation is 1. The number of rotatable bonds is 7. The Morgan fingerprint density at radius 3 is 2.47 bits per heavy atom. The standard InChI is InChI=1S/C27H30N4O3/c32-26-25(17-23(29-31-26)15-19-10-12-20-8-4-5-9-21(20)14-19)34-27(33)24-16-22(28-30-24)13-11-18-6-2-1-3-7-18/h1-10,12,14,22-25,28-30H,11,13,15-17H2,(H,31,32). The predicted octanol–water partition coefficient (Wildman–Crippen LogP) is 2.56. The van der Waals surface area contributed by atoms with Crippen LogP contribution in [0.2, 0.25) is 0 Å². The molecule has 3 aromatic carbocycles. The molecule has 7 heteroatoms. The van der Waals surface area contributed by atoms with Crippen molar-refractivity contribution in [2.24, 2.45) is 0 Å². The molecule has 4 atom stereocenters. The molecular weight excluding hydrogens is 428 g/mol. The minimum atomic E-state index is -0.802. The summed E-state index contributed by atoms with van der Waals surface area (Å²) < 4.78 is 5.64. The van der Waals surface area contributed by atoms with Gasteiger partial charge in [0.2, 0.25) is 0 Å². The number of hydrogen-bond acceptors (Lipinski definition) is 6. The van der Waals surface area contributed by atoms with Gasteiger partial charge in [-0.1, -0.05) is 72.8 Å². The first-order valence-corrected chi connectivity index (χ1v) is 11.9. The van der Waals surface area contributed by atoms with E-state index in [1.807, 2.05) is 30.3 Å². The first kappa shape index (κ1) is 22.5. The van der Waals surface area contributed by atoms with E-state index in [0.29, 0.717) is 12.8 Å². The third kappa shape index (κ3) is 5.44. The third-order valence-electron chi connectivity index (χ3n) is 6.64. The second-order valence-electron chi connectivity index (χ2n) is 9.18. The summed E-state index contributed by atoms with van der Waals surface area (Å²) in [5.41, 5.74) is 14.4. The number of hydrogen-bond donors (Lipinski definition) is 4. The Morgan fingerprint density at radius 1 is 0.824 bits per heavy atom. The van der Waals surface area contributed by atoms with E-state index in [9.17, 15) is 9.59 Å². The Kier molecular flexibility index (Phi) is 6.85. The molecule has 2 heterocycles. The molecule has 1 amide bonds. The fourth-order valence-corrected chi connectivity index (χ4v) is 4.74. The van der Waals surface area contributed by atoms with Crippen LogP contribution in [0, 0.1) is 0 Å². The molecule has 176 valence electrons. The smallest absolute Gasteiger partial charge is 0.325 e. The maximum absolute atomic E-state index is 12.8. The maximum atomic E-state index is 12.8. The largest absolute Gasteiger partial charge is 0.451 e. The summed E-state index contributed by atoms with van der Waals surface area (Å²) in [6.07, 6.45) is 2.85. The molecule has 2 aliphatic heterocycles. The number of amides is 1. The second-order valence-corrected chi connectivity index (χ2v) is 9.18. The van der Waals surface area contributed by atoms with Crippen LogP contribution in [-0.2, 0) is 27.2 Å². The van der Waals surface area contributed by atoms with Crippen LogP contribution in [0.15, 0.2) is 72.8 Å². The van der Waals surface area contributed by atoms with Crippen LogP contribution in [0.5, 0.6) is 0 Å². The van der Waals surface area contributed by atoms with Gasteiger partial charge in [-0.15, -0.1) is 0 Å². The van der Waals surface area contributed by atoms with Gasteiger partial charge in [-0.25, -0.2) is 10.9 Å². The van der Waals surface area contributed by atoms with Crippen molar-refractivity contribution < 1.29 is 14.3 Å². The van der Waals surface area contributed by atoms with Gasteiger partial charge in [0.05, 0.1) is 0 Å². The van der Waals surface area contributed by atoms with E-state index >= 15 is 0 Å². The highest BCUT2D eigenvalue weighted by atomic mass is 16.6. The topological polar surface area (TPSA) is 91.5 Å². The van der Waals surface area contributed by atoms with Gasteiger partial charge in [0.15, 0.2) is 6.10 Å². The maximum Gasteiger partial charge on any atom is 0.325 e. The Bertz CT molecular complexity index is 1150. The van der Waals surface area contributed by atoms with Gasteiger partial charge in [-0.05, 0) is 47.6 Å². The van der Waals surface area contributed by atoms with Gasteiger partial charge in [-0.3, -0.25) is 20.4 Å². The van der Waals surface area contributed by atoms with Crippen LogP contribution in [0.25, 0.3) is 10.8 Å². The first-order valence-electron chi connectivity index (χ1n) is 11.9. The first-order chi connectivity index (χ1) is 16.6. The highest BCUT2D eigenvalue weighted by molar-refractivity contribution is 5.85. The van der Waals surface area contributed by atoms with Crippen LogP contribution in [0.4, 0.5) is 0 Å². The van der Waals surface area contributed by atoms with E-state index in [4.69, 9.17) is 4.74 Å². The van der Waals surface area contributed by atoms with Crippen molar-refractivity contribution in [3.05, 3.63) is 83.9 Å². The number of carbonyl (C=O) groups excluding carboxylic acids is 2. The number of fused-ring (bicyclic) bond motifs is 1. The molecular formula is C27H30N4O3. The lowest BCUT2D eigenvalue weighted by atomic mass is 9.97. The highest BCUT2D eigenvalue weighted by Gasteiger charge is 2.36. The van der Waals surface area contributed by atoms with Gasteiger partial charge < -0.3 is 4.74 Å². The van der Waals surface area contributed by atoms with Crippen LogP contribution in [-0.4, -0.2) is 36.1 Å². The molecule has 0 radical (unpaired) electrons. The normalized spacial score (nSPS) is 24.6. The second kappa shape index (κ2) is 10.3. The molecule has 4 N–H and O–H groups in total. The van der Waals surface area contributed by atoms with E-state index in [1.165, 1.54) is 21.9 Å². The van der Waals surface area contributed by atoms with Gasteiger partial charge in [-0.2, -0.15) is 0 Å². The van der Waals surface area contributed by atoms with Crippen molar-refractivity contribution >= 4 is 22.6 Å². The number of esters is 1. The van der Waals surface area contributed by atoms with Gasteiger partial charge in [0.25, 0.3) is 5.91 Å². The van der Waals surface area contributed by atoms with E-state index in [2.05, 4.69) is 64.2 Å². The Hall–Kier alpha value is -3.26. The summed E-state index contributed by atoms with van der Waals surface area (Å²) in [6, 6.07) is 24.6. The zero-order valence-corrected chi connectivity index (χ0v) is 19.0. The lowest BCUT2D eigenvalue weighted by molar-refractivity contribution is -0.160. The number of hydrazine groups is 2. The molecule has 7 nitrogen and oxygen atoms in total. The molecule has 0 spiro atoms. The Labute approximate surface area is 199 Å². The van der Waals surface area contributed by atoms with E-state index in [1.54, 1.807) is 0 Å². The number of ether oxygens (including phenoxy) is 1. The summed E-state index contributed by atoms with van der Waals surface area (Å²) in [4.78, 5) is 25.1. The predicted molar refractivity (Wildman–Crippen MR) is 130 cm³/mol. The highest BCUT2D eigenvalue weighted by Crippen LogP contribution is 2.20. The Morgan fingerprint density at radius 2 is 1.62 bits per heavy atom. The van der Waals surface area contributed by atoms with Crippen molar-refractivity contribution in [1.29, 1.82) is 0 Å². The molecule has 0 bridgehead atoms. The fraction of sp³-hybridized carbons (Fsp3) is 0.333. The van der Waals surface area contributed by atoms with E-state index in [0.717, 1.165) is 19.3 Å². The number of benzene rings is 3. The minimum Gasteiger partial charge on any atom is -0.451 e. The van der Waals surface area contributed by atoms with Crippen LogP contribution >= 0.6 is 0 Å². The van der Waals surface area contributed by atoms with E-state index < -0.39 is 12.1 Å². The molecule has 4 unspecified atom stereocenters. The molecule has 34 heavy (non-hydrogen) atoms. The average Bonchev–Trinajstić information content (AvgIpc) is 3.35. The fourth-order valence-electron chi connectivity index (χ4n) is 4.74. The molecule has 0 saturated carbocycles. The summed E-state index contributed by atoms with van der Waals surface area (Å²) in [7, 11) is 0. The molecule has 2 aliphatic rings. The lowest BCUT2D eigenvalue weighted by Gasteiger charge is -2.30. The van der Waals surface area contributed by atoms with Crippen molar-refractivity contribution in [3.8, 4) is 0 Å². The summed E-state index contributed by atoms with van der Waals surface area (Å²) >= 11 is 0. The molecule has 0 aromatic heterocycles. The van der Waals surface area contributed by atoms with Gasteiger partial charge in [0.1, 0.15) is 6.04 Å². The van der Waals surface area contributed by atoms with Crippen molar-refractivity contribution in [1.82, 2.24) is 21.7 Å². The SMILES string of the molecule is O=C(OC1CC(Cc2ccc3ccccc3c2)NNC1=O)C1CC(CCc2ccccc2)NN1. The monoisotopic (exact) mass is 458 g/mol. The third-order valence-corrected chi connectivity index (χ3v) is 6.64. The van der Waals surface area contributed by atoms with Crippen molar-refractivity contribution in [2.45, 2.75) is 56.3 Å². The number of carbonyl (C=O) groups is 2. The quantitative estimate of drug-likeness (QED) is 0.407. The summed E-state index contributed by atoms with van der Waals surface area (Å²) in [5, 5.41) is 2.38. The Balaban J connectivity index is 1.13. The molecule has 2 fully saturated rings. The number of nitrogens with one attached hydrogen (secondary N) is 4. The van der Waals surface area contributed by atoms with Crippen LogP contribution in [0.1, 0.15) is 30.4 Å². The van der Waals surface area contributed by atoms with Crippen LogP contribution in [0.3, 0.4) is 0 Å². The van der Waals surface area contributed by atoms with E-state index in [-0.39, 0.29) is 24.0 Å². The van der Waals surface area contributed by atoms with Crippen molar-refractivity contribution in [2.75, 3.05) is 0 Å². The van der Waals surface area contributed by atoms with Gasteiger partial charge in [0, 0.05) is 18.5 Å². The zero-order chi connectivity index (χ0) is 23.3. The molecule has 2 saturated heterocycles. The molecule has 5 rings (SSSR count). The van der Waals surface area contributed by atoms with Gasteiger partial charge >= 0.3 is 5.97 Å². The molecule has 0 aliphatic carbocycles. The summed E-state index contributed by atoms with van der Waals surface area (Å²) in [5.74, 6) is -0.698. The van der Waals surface area contributed by atoms with Crippen LogP contribution < -0.4 is 21.7 Å².